The number of halogens is 1. The molecule has 0 radical (unpaired) electrons. The monoisotopic (exact) mass is 350 g/mol. The number of likely N-dealkylation sites (tertiary alicyclic amines) is 1. The van der Waals surface area contributed by atoms with Crippen molar-refractivity contribution in [2.75, 3.05) is 19.6 Å². The van der Waals surface area contributed by atoms with E-state index in [2.05, 4.69) is 15.2 Å². The molecule has 0 aliphatic carbocycles. The number of rotatable bonds is 4. The van der Waals surface area contributed by atoms with Crippen molar-refractivity contribution in [3.8, 4) is 0 Å². The summed E-state index contributed by atoms with van der Waals surface area (Å²) in [7, 11) is 0. The molecule has 0 atom stereocenters. The first-order chi connectivity index (χ1) is 11.5. The molecular weight excluding hydrogens is 332 g/mol. The summed E-state index contributed by atoms with van der Waals surface area (Å²) < 4.78 is 1.64. The maximum atomic E-state index is 12.2. The number of hydrogen-bond donors (Lipinski definition) is 2. The van der Waals surface area contributed by atoms with Crippen LogP contribution in [0.2, 0.25) is 5.15 Å². The van der Waals surface area contributed by atoms with Gasteiger partial charge in [-0.15, -0.1) is 0 Å². The Balaban J connectivity index is 1.66. The van der Waals surface area contributed by atoms with Crippen molar-refractivity contribution in [1.29, 1.82) is 0 Å². The topological polar surface area (TPSA) is 87.5 Å². The minimum Gasteiger partial charge on any atom is -0.465 e. The van der Waals surface area contributed by atoms with E-state index in [1.165, 1.54) is 0 Å². The van der Waals surface area contributed by atoms with E-state index in [4.69, 9.17) is 16.7 Å². The van der Waals surface area contributed by atoms with Crippen LogP contribution in [0.1, 0.15) is 12.8 Å². The highest BCUT2D eigenvalue weighted by Crippen LogP contribution is 2.14. The van der Waals surface area contributed by atoms with E-state index < -0.39 is 6.09 Å². The van der Waals surface area contributed by atoms with Crippen LogP contribution in [-0.2, 0) is 6.54 Å². The van der Waals surface area contributed by atoms with E-state index >= 15 is 0 Å². The number of fused-ring (bicyclic) bond motifs is 1. The molecule has 2 N–H and O–H groups in total. The molecular formula is C16H19ClN4O3. The zero-order valence-corrected chi connectivity index (χ0v) is 13.9. The summed E-state index contributed by atoms with van der Waals surface area (Å²) in [6.45, 7) is 2.85. The molecule has 1 aliphatic rings. The molecule has 1 saturated heterocycles. The molecule has 3 heterocycles. The molecule has 2 aromatic rings. The Morgan fingerprint density at radius 1 is 1.25 bits per heavy atom. The third-order valence-corrected chi connectivity index (χ3v) is 4.56. The minimum atomic E-state index is -0.973. The lowest BCUT2D eigenvalue weighted by molar-refractivity contribution is 0.166. The molecule has 24 heavy (non-hydrogen) atoms. The van der Waals surface area contributed by atoms with Gasteiger partial charge in [-0.3, -0.25) is 9.36 Å². The quantitative estimate of drug-likeness (QED) is 0.821. The molecule has 0 bridgehead atoms. The van der Waals surface area contributed by atoms with Crippen molar-refractivity contribution in [1.82, 2.24) is 19.8 Å². The minimum absolute atomic E-state index is 0.0134. The largest absolute Gasteiger partial charge is 0.465 e. The van der Waals surface area contributed by atoms with E-state index in [-0.39, 0.29) is 11.6 Å². The lowest BCUT2D eigenvalue weighted by Crippen LogP contribution is -2.45. The van der Waals surface area contributed by atoms with Crippen LogP contribution in [0.3, 0.4) is 0 Å². The molecule has 8 heteroatoms. The summed E-state index contributed by atoms with van der Waals surface area (Å²) in [4.78, 5) is 29.4. The first kappa shape index (κ1) is 16.7. The van der Waals surface area contributed by atoms with Crippen molar-refractivity contribution in [3.63, 3.8) is 0 Å². The Morgan fingerprint density at radius 2 is 1.96 bits per heavy atom. The van der Waals surface area contributed by atoms with Crippen LogP contribution in [0.4, 0.5) is 4.79 Å². The number of carbonyl (C=O) groups is 1. The fraction of sp³-hybridized carbons (Fsp3) is 0.438. The first-order valence-electron chi connectivity index (χ1n) is 7.91. The fourth-order valence-electron chi connectivity index (χ4n) is 3.07. The number of nitrogens with zero attached hydrogens (tertiary/aromatic N) is 3. The van der Waals surface area contributed by atoms with Crippen molar-refractivity contribution >= 4 is 28.7 Å². The van der Waals surface area contributed by atoms with Crippen LogP contribution in [0, 0.1) is 0 Å². The third-order valence-electron chi connectivity index (χ3n) is 4.35. The smallest absolute Gasteiger partial charge is 0.404 e. The molecule has 1 amide bonds. The number of piperidine rings is 1. The van der Waals surface area contributed by atoms with Crippen LogP contribution in [0.15, 0.2) is 29.1 Å². The maximum absolute atomic E-state index is 12.2. The van der Waals surface area contributed by atoms with Gasteiger partial charge in [-0.25, -0.2) is 9.78 Å². The first-order valence-corrected chi connectivity index (χ1v) is 8.28. The highest BCUT2D eigenvalue weighted by molar-refractivity contribution is 6.29. The number of hydrogen-bond acceptors (Lipinski definition) is 4. The molecule has 1 aliphatic heterocycles. The van der Waals surface area contributed by atoms with Gasteiger partial charge in [0.1, 0.15) is 10.8 Å². The van der Waals surface area contributed by atoms with Crippen LogP contribution in [0.25, 0.3) is 11.0 Å². The summed E-state index contributed by atoms with van der Waals surface area (Å²) in [6.07, 6.45) is 0.584. The van der Waals surface area contributed by atoms with Gasteiger partial charge in [0.2, 0.25) is 0 Å². The normalized spacial score (nSPS) is 16.4. The molecule has 0 saturated carbocycles. The van der Waals surface area contributed by atoms with Gasteiger partial charge in [0.25, 0.3) is 5.56 Å². The standard InChI is InChI=1S/C16H19ClN4O3/c17-13-3-1-11-2-4-14(22)21(15(11)19-13)10-9-20-7-5-12(6-8-20)18-16(23)24/h1-4,12,18H,5-10H2,(H,23,24). The third kappa shape index (κ3) is 3.85. The molecule has 128 valence electrons. The molecule has 7 nitrogen and oxygen atoms in total. The summed E-state index contributed by atoms with van der Waals surface area (Å²) in [5.41, 5.74) is 0.497. The van der Waals surface area contributed by atoms with Crippen molar-refractivity contribution in [3.05, 3.63) is 39.8 Å². The average molecular weight is 351 g/mol. The molecule has 2 aromatic heterocycles. The second-order valence-corrected chi connectivity index (χ2v) is 6.32. The van der Waals surface area contributed by atoms with Gasteiger partial charge in [0.05, 0.1) is 0 Å². The molecule has 1 fully saturated rings. The van der Waals surface area contributed by atoms with E-state index in [1.807, 2.05) is 6.07 Å². The Bertz CT molecular complexity index is 799. The van der Waals surface area contributed by atoms with Gasteiger partial charge in [0, 0.05) is 43.7 Å². The number of nitrogens with one attached hydrogen (secondary N) is 1. The molecule has 0 spiro atoms. The van der Waals surface area contributed by atoms with Crippen LogP contribution in [-0.4, -0.2) is 51.3 Å². The summed E-state index contributed by atoms with van der Waals surface area (Å²) in [5, 5.41) is 12.5. The number of aromatic nitrogens is 2. The number of carboxylic acid groups (broad SMARTS) is 1. The number of pyridine rings is 2. The predicted octanol–water partition coefficient (Wildman–Crippen LogP) is 1.78. The Kier molecular flexibility index (Phi) is 5.01. The second kappa shape index (κ2) is 7.19. The van der Waals surface area contributed by atoms with Gasteiger partial charge >= 0.3 is 6.09 Å². The lowest BCUT2D eigenvalue weighted by Gasteiger charge is -2.31. The molecule has 0 unspecified atom stereocenters. The van der Waals surface area contributed by atoms with E-state index in [0.29, 0.717) is 23.9 Å². The van der Waals surface area contributed by atoms with Gasteiger partial charge < -0.3 is 15.3 Å². The summed E-state index contributed by atoms with van der Waals surface area (Å²) in [5.74, 6) is 0. The fourth-order valence-corrected chi connectivity index (χ4v) is 3.21. The van der Waals surface area contributed by atoms with Crippen LogP contribution < -0.4 is 10.9 Å². The van der Waals surface area contributed by atoms with Gasteiger partial charge in [-0.1, -0.05) is 11.6 Å². The van der Waals surface area contributed by atoms with Gasteiger partial charge in [-0.05, 0) is 31.0 Å². The van der Waals surface area contributed by atoms with E-state index in [9.17, 15) is 9.59 Å². The lowest BCUT2D eigenvalue weighted by atomic mass is 10.1. The molecule has 3 rings (SSSR count). The zero-order chi connectivity index (χ0) is 17.1. The second-order valence-electron chi connectivity index (χ2n) is 5.94. The van der Waals surface area contributed by atoms with Crippen LogP contribution in [0.5, 0.6) is 0 Å². The van der Waals surface area contributed by atoms with Crippen molar-refractivity contribution < 1.29 is 9.90 Å². The van der Waals surface area contributed by atoms with E-state index in [0.717, 1.165) is 31.3 Å². The highest BCUT2D eigenvalue weighted by atomic mass is 35.5. The average Bonchev–Trinajstić information content (AvgIpc) is 2.55. The SMILES string of the molecule is O=C(O)NC1CCN(CCn2c(=O)ccc3ccc(Cl)nc32)CC1. The predicted molar refractivity (Wildman–Crippen MR) is 91.6 cm³/mol. The highest BCUT2D eigenvalue weighted by Gasteiger charge is 2.20. The molecule has 0 aromatic carbocycles. The van der Waals surface area contributed by atoms with Crippen molar-refractivity contribution in [2.24, 2.45) is 0 Å². The Labute approximate surface area is 143 Å². The zero-order valence-electron chi connectivity index (χ0n) is 13.1. The Hall–Kier alpha value is -2.12. The number of amides is 1. The maximum Gasteiger partial charge on any atom is 0.404 e. The van der Waals surface area contributed by atoms with Gasteiger partial charge in [0.15, 0.2) is 0 Å². The van der Waals surface area contributed by atoms with Crippen molar-refractivity contribution in [2.45, 2.75) is 25.4 Å². The summed E-state index contributed by atoms with van der Waals surface area (Å²) >= 11 is 5.96. The summed E-state index contributed by atoms with van der Waals surface area (Å²) in [6, 6.07) is 6.86. The Morgan fingerprint density at radius 3 is 2.67 bits per heavy atom. The van der Waals surface area contributed by atoms with Gasteiger partial charge in [-0.2, -0.15) is 0 Å². The van der Waals surface area contributed by atoms with Crippen LogP contribution >= 0.6 is 11.6 Å². The van der Waals surface area contributed by atoms with E-state index in [1.54, 1.807) is 22.8 Å².